The highest BCUT2D eigenvalue weighted by molar-refractivity contribution is 5.96. The largest absolute Gasteiger partial charge is 0.416 e. The number of hydrogen-bond donors (Lipinski definition) is 1. The van der Waals surface area contributed by atoms with Crippen LogP contribution in [0.5, 0.6) is 0 Å². The van der Waals surface area contributed by atoms with Crippen molar-refractivity contribution in [2.75, 3.05) is 0 Å². The number of amidine groups is 1. The van der Waals surface area contributed by atoms with E-state index in [1.807, 2.05) is 0 Å². The number of rotatable bonds is 3. The molecule has 0 aliphatic heterocycles. The molecule has 5 nitrogen and oxygen atoms in total. The summed E-state index contributed by atoms with van der Waals surface area (Å²) < 4.78 is 37.2. The molecular formula is C14H10F3N3O2. The van der Waals surface area contributed by atoms with Crippen LogP contribution in [0.4, 0.5) is 13.2 Å². The van der Waals surface area contributed by atoms with Gasteiger partial charge in [0, 0.05) is 6.20 Å². The van der Waals surface area contributed by atoms with Crippen molar-refractivity contribution in [2.45, 2.75) is 6.18 Å². The number of pyridine rings is 1. The van der Waals surface area contributed by atoms with Crippen LogP contribution in [0.3, 0.4) is 0 Å². The van der Waals surface area contributed by atoms with Crippen molar-refractivity contribution in [2.24, 2.45) is 10.9 Å². The molecule has 0 aliphatic carbocycles. The van der Waals surface area contributed by atoms with Gasteiger partial charge in [-0.05, 0) is 36.4 Å². The molecule has 8 heteroatoms. The third-order valence-electron chi connectivity index (χ3n) is 2.60. The van der Waals surface area contributed by atoms with Crippen LogP contribution in [0.1, 0.15) is 21.6 Å². The van der Waals surface area contributed by atoms with Gasteiger partial charge in [-0.3, -0.25) is 4.98 Å². The number of oxime groups is 1. The Kier molecular flexibility index (Phi) is 4.40. The highest BCUT2D eigenvalue weighted by atomic mass is 19.4. The Labute approximate surface area is 123 Å². The second-order valence-corrected chi connectivity index (χ2v) is 4.15. The Balaban J connectivity index is 2.07. The van der Waals surface area contributed by atoms with Gasteiger partial charge in [-0.15, -0.1) is 0 Å². The predicted octanol–water partition coefficient (Wildman–Crippen LogP) is 2.58. The molecule has 1 aromatic heterocycles. The lowest BCUT2D eigenvalue weighted by molar-refractivity contribution is -0.137. The molecule has 0 aliphatic rings. The van der Waals surface area contributed by atoms with E-state index in [4.69, 9.17) is 5.73 Å². The van der Waals surface area contributed by atoms with Crippen LogP contribution < -0.4 is 5.73 Å². The minimum atomic E-state index is -4.47. The van der Waals surface area contributed by atoms with Crippen LogP contribution in [0.15, 0.2) is 53.8 Å². The van der Waals surface area contributed by atoms with E-state index < -0.39 is 17.7 Å². The zero-order valence-electron chi connectivity index (χ0n) is 11.0. The molecule has 0 unspecified atom stereocenters. The minimum absolute atomic E-state index is 0.0782. The third kappa shape index (κ3) is 3.81. The number of benzene rings is 1. The van der Waals surface area contributed by atoms with Crippen LogP contribution in [-0.4, -0.2) is 16.8 Å². The van der Waals surface area contributed by atoms with Gasteiger partial charge in [-0.1, -0.05) is 11.2 Å². The SMILES string of the molecule is N/C(=N\OC(=O)c1ccc(C(F)(F)F)cc1)c1ccccn1. The van der Waals surface area contributed by atoms with Gasteiger partial charge in [-0.25, -0.2) is 4.79 Å². The van der Waals surface area contributed by atoms with Crippen LogP contribution in [0, 0.1) is 0 Å². The van der Waals surface area contributed by atoms with Crippen LogP contribution >= 0.6 is 0 Å². The lowest BCUT2D eigenvalue weighted by atomic mass is 10.1. The summed E-state index contributed by atoms with van der Waals surface area (Å²) in [4.78, 5) is 20.1. The molecule has 2 aromatic rings. The lowest BCUT2D eigenvalue weighted by Gasteiger charge is -2.06. The summed E-state index contributed by atoms with van der Waals surface area (Å²) in [7, 11) is 0. The summed E-state index contributed by atoms with van der Waals surface area (Å²) in [6.07, 6.45) is -2.99. The molecule has 0 spiro atoms. The number of carbonyl (C=O) groups excluding carboxylic acids is 1. The molecule has 0 amide bonds. The van der Waals surface area contributed by atoms with Crippen molar-refractivity contribution in [1.82, 2.24) is 4.98 Å². The third-order valence-corrected chi connectivity index (χ3v) is 2.60. The maximum absolute atomic E-state index is 12.4. The van der Waals surface area contributed by atoms with Crippen molar-refractivity contribution >= 4 is 11.8 Å². The van der Waals surface area contributed by atoms with Crippen molar-refractivity contribution < 1.29 is 22.8 Å². The van der Waals surface area contributed by atoms with Crippen molar-refractivity contribution in [3.8, 4) is 0 Å². The maximum Gasteiger partial charge on any atom is 0.416 e. The molecule has 0 saturated heterocycles. The molecule has 22 heavy (non-hydrogen) atoms. The topological polar surface area (TPSA) is 77.6 Å². The molecule has 0 fully saturated rings. The fourth-order valence-electron chi connectivity index (χ4n) is 1.50. The number of nitrogens with two attached hydrogens (primary N) is 1. The summed E-state index contributed by atoms with van der Waals surface area (Å²) >= 11 is 0. The summed E-state index contributed by atoms with van der Waals surface area (Å²) in [6.45, 7) is 0. The smallest absolute Gasteiger partial charge is 0.379 e. The van der Waals surface area contributed by atoms with E-state index in [2.05, 4.69) is 15.0 Å². The van der Waals surface area contributed by atoms with Gasteiger partial charge in [0.2, 0.25) is 0 Å². The van der Waals surface area contributed by atoms with Gasteiger partial charge in [-0.2, -0.15) is 13.2 Å². The van der Waals surface area contributed by atoms with E-state index in [-0.39, 0.29) is 11.4 Å². The standard InChI is InChI=1S/C14H10F3N3O2/c15-14(16,17)10-6-4-9(5-7-10)13(21)22-20-12(18)11-3-1-2-8-19-11/h1-8H,(H2,18,20). The van der Waals surface area contributed by atoms with Crippen molar-refractivity contribution in [1.29, 1.82) is 0 Å². The van der Waals surface area contributed by atoms with Gasteiger partial charge >= 0.3 is 12.1 Å². The van der Waals surface area contributed by atoms with Crippen molar-refractivity contribution in [3.05, 3.63) is 65.5 Å². The maximum atomic E-state index is 12.4. The summed E-state index contributed by atoms with van der Waals surface area (Å²) in [5, 5.41) is 3.40. The fourth-order valence-corrected chi connectivity index (χ4v) is 1.50. The summed E-state index contributed by atoms with van der Waals surface area (Å²) in [5.74, 6) is -1.05. The zero-order valence-corrected chi connectivity index (χ0v) is 11.0. The quantitative estimate of drug-likeness (QED) is 0.409. The lowest BCUT2D eigenvalue weighted by Crippen LogP contribution is -2.16. The molecule has 0 bridgehead atoms. The van der Waals surface area contributed by atoms with E-state index in [0.29, 0.717) is 5.69 Å². The first kappa shape index (κ1) is 15.5. The molecule has 114 valence electrons. The predicted molar refractivity (Wildman–Crippen MR) is 71.8 cm³/mol. The number of halogens is 3. The molecule has 2 rings (SSSR count). The van der Waals surface area contributed by atoms with Gasteiger partial charge in [0.1, 0.15) is 5.69 Å². The highest BCUT2D eigenvalue weighted by Crippen LogP contribution is 2.29. The molecule has 0 atom stereocenters. The summed E-state index contributed by atoms with van der Waals surface area (Å²) in [6, 6.07) is 8.46. The van der Waals surface area contributed by atoms with E-state index in [0.717, 1.165) is 24.3 Å². The van der Waals surface area contributed by atoms with Crippen molar-refractivity contribution in [3.63, 3.8) is 0 Å². The number of alkyl halides is 3. The first-order valence-corrected chi connectivity index (χ1v) is 6.01. The zero-order chi connectivity index (χ0) is 16.2. The second kappa shape index (κ2) is 6.25. The molecule has 1 heterocycles. The Hall–Kier alpha value is -2.90. The molecule has 0 radical (unpaired) electrons. The minimum Gasteiger partial charge on any atom is -0.379 e. The molecule has 1 aromatic carbocycles. The Bertz CT molecular complexity index is 683. The van der Waals surface area contributed by atoms with E-state index in [1.54, 1.807) is 18.2 Å². The highest BCUT2D eigenvalue weighted by Gasteiger charge is 2.30. The normalized spacial score (nSPS) is 12.0. The average Bonchev–Trinajstić information content (AvgIpc) is 2.52. The first-order valence-electron chi connectivity index (χ1n) is 6.01. The van der Waals surface area contributed by atoms with Gasteiger partial charge in [0.15, 0.2) is 5.84 Å². The molecular weight excluding hydrogens is 299 g/mol. The van der Waals surface area contributed by atoms with E-state index >= 15 is 0 Å². The van der Waals surface area contributed by atoms with Gasteiger partial charge in [0.25, 0.3) is 0 Å². The molecule has 2 N–H and O–H groups in total. The monoisotopic (exact) mass is 309 g/mol. The van der Waals surface area contributed by atoms with Crippen LogP contribution in [-0.2, 0) is 11.0 Å². The Morgan fingerprint density at radius 3 is 2.36 bits per heavy atom. The fraction of sp³-hybridized carbons (Fsp3) is 0.0714. The second-order valence-electron chi connectivity index (χ2n) is 4.15. The van der Waals surface area contributed by atoms with Crippen LogP contribution in [0.25, 0.3) is 0 Å². The van der Waals surface area contributed by atoms with Crippen LogP contribution in [0.2, 0.25) is 0 Å². The number of carbonyl (C=O) groups is 1. The van der Waals surface area contributed by atoms with Gasteiger partial charge < -0.3 is 10.6 Å². The van der Waals surface area contributed by atoms with E-state index in [9.17, 15) is 18.0 Å². The van der Waals surface area contributed by atoms with E-state index in [1.165, 1.54) is 6.20 Å². The number of hydrogen-bond acceptors (Lipinski definition) is 4. The summed E-state index contributed by atoms with van der Waals surface area (Å²) in [5.41, 5.74) is 4.93. The average molecular weight is 309 g/mol. The Morgan fingerprint density at radius 2 is 1.82 bits per heavy atom. The Morgan fingerprint density at radius 1 is 1.14 bits per heavy atom. The van der Waals surface area contributed by atoms with Gasteiger partial charge in [0.05, 0.1) is 11.1 Å². The molecule has 0 saturated carbocycles. The number of nitrogens with zero attached hydrogens (tertiary/aromatic N) is 2. The first-order chi connectivity index (χ1) is 10.4. The number of aromatic nitrogens is 1.